The van der Waals surface area contributed by atoms with Gasteiger partial charge in [0.2, 0.25) is 0 Å². The highest BCUT2D eigenvalue weighted by atomic mass is 35.5. The van der Waals surface area contributed by atoms with Crippen molar-refractivity contribution in [3.63, 3.8) is 0 Å². The first-order chi connectivity index (χ1) is 14.2. The van der Waals surface area contributed by atoms with E-state index in [2.05, 4.69) is 21.6 Å². The van der Waals surface area contributed by atoms with E-state index < -0.39 is 0 Å². The fourth-order valence-corrected chi connectivity index (χ4v) is 4.01. The van der Waals surface area contributed by atoms with Crippen LogP contribution in [0.15, 0.2) is 72.0 Å². The van der Waals surface area contributed by atoms with Crippen molar-refractivity contribution in [3.8, 4) is 0 Å². The van der Waals surface area contributed by atoms with Crippen molar-refractivity contribution in [1.82, 2.24) is 15.5 Å². The molecule has 1 aliphatic carbocycles. The first-order valence-electron chi connectivity index (χ1n) is 9.49. The molecule has 2 N–H and O–H groups in total. The Morgan fingerprint density at radius 3 is 2.93 bits per heavy atom. The predicted octanol–water partition coefficient (Wildman–Crippen LogP) is 5.36. The maximum absolute atomic E-state index is 12.4. The summed E-state index contributed by atoms with van der Waals surface area (Å²) in [4.78, 5) is 12.4. The molecular formula is C24H18ClN3O. The molecule has 1 unspecified atom stereocenters. The van der Waals surface area contributed by atoms with E-state index in [-0.39, 0.29) is 11.8 Å². The molecule has 1 aromatic heterocycles. The van der Waals surface area contributed by atoms with E-state index >= 15 is 0 Å². The van der Waals surface area contributed by atoms with Crippen molar-refractivity contribution >= 4 is 46.6 Å². The van der Waals surface area contributed by atoms with E-state index in [1.54, 1.807) is 0 Å². The van der Waals surface area contributed by atoms with Gasteiger partial charge in [0.25, 0.3) is 5.91 Å². The fraction of sp³-hybridized carbons (Fsp3) is 0.0833. The second-order valence-electron chi connectivity index (χ2n) is 7.16. The van der Waals surface area contributed by atoms with Crippen LogP contribution in [0.1, 0.15) is 23.2 Å². The number of allylic oxidation sites excluding steroid dienone is 4. The standard InChI is InChI=1S/C24H18ClN3O/c25-20-7-3-1-5-16(20)10-12-22-18-11-9-15(14-23(18)28-27-22)13-19-17-6-2-4-8-21(17)26-24(19)29/h1-5,7-14,17H,6H2,(H,26,29)(H,27,28)/b12-10+,19-13+. The minimum atomic E-state index is -0.0157. The minimum absolute atomic E-state index is 0.0157. The molecule has 0 spiro atoms. The van der Waals surface area contributed by atoms with Crippen molar-refractivity contribution in [2.45, 2.75) is 6.42 Å². The maximum Gasteiger partial charge on any atom is 0.252 e. The van der Waals surface area contributed by atoms with Gasteiger partial charge in [0.05, 0.1) is 11.2 Å². The number of fused-ring (bicyclic) bond motifs is 2. The highest BCUT2D eigenvalue weighted by Gasteiger charge is 2.32. The third kappa shape index (κ3) is 3.32. The maximum atomic E-state index is 12.4. The van der Waals surface area contributed by atoms with Gasteiger partial charge in [-0.25, -0.2) is 0 Å². The first kappa shape index (κ1) is 17.7. The van der Waals surface area contributed by atoms with E-state index in [4.69, 9.17) is 11.6 Å². The second-order valence-corrected chi connectivity index (χ2v) is 7.57. The lowest BCUT2D eigenvalue weighted by molar-refractivity contribution is -0.115. The van der Waals surface area contributed by atoms with Gasteiger partial charge in [-0.3, -0.25) is 9.89 Å². The molecule has 0 saturated carbocycles. The molecule has 1 atom stereocenters. The van der Waals surface area contributed by atoms with Gasteiger partial charge in [0.1, 0.15) is 0 Å². The number of H-pyrrole nitrogens is 1. The molecule has 0 bridgehead atoms. The average Bonchev–Trinajstić information content (AvgIpc) is 3.28. The molecule has 4 nitrogen and oxygen atoms in total. The number of hydrogen-bond acceptors (Lipinski definition) is 2. The first-order valence-corrected chi connectivity index (χ1v) is 9.87. The molecule has 2 aliphatic rings. The van der Waals surface area contributed by atoms with Crippen LogP contribution in [0.5, 0.6) is 0 Å². The summed E-state index contributed by atoms with van der Waals surface area (Å²) in [5.74, 6) is 0.108. The lowest BCUT2D eigenvalue weighted by Crippen LogP contribution is -2.13. The normalized spacial score (nSPS) is 19.8. The molecule has 1 saturated heterocycles. The number of aromatic amines is 1. The Hall–Kier alpha value is -3.37. The summed E-state index contributed by atoms with van der Waals surface area (Å²) in [6, 6.07) is 13.8. The van der Waals surface area contributed by atoms with Gasteiger partial charge < -0.3 is 5.32 Å². The van der Waals surface area contributed by atoms with Crippen LogP contribution in [0.4, 0.5) is 0 Å². The molecule has 29 heavy (non-hydrogen) atoms. The summed E-state index contributed by atoms with van der Waals surface area (Å²) in [6.45, 7) is 0. The fourth-order valence-electron chi connectivity index (χ4n) is 3.81. The summed E-state index contributed by atoms with van der Waals surface area (Å²) < 4.78 is 0. The Morgan fingerprint density at radius 1 is 1.14 bits per heavy atom. The highest BCUT2D eigenvalue weighted by Crippen LogP contribution is 2.33. The van der Waals surface area contributed by atoms with E-state index in [1.165, 1.54) is 0 Å². The Kier molecular flexibility index (Phi) is 4.41. The van der Waals surface area contributed by atoms with E-state index in [1.807, 2.05) is 72.8 Å². The molecule has 5 heteroatoms. The summed E-state index contributed by atoms with van der Waals surface area (Å²) in [6.07, 6.45) is 12.8. The van der Waals surface area contributed by atoms with Crippen LogP contribution in [0.25, 0.3) is 29.1 Å². The van der Waals surface area contributed by atoms with Gasteiger partial charge in [-0.15, -0.1) is 0 Å². The van der Waals surface area contributed by atoms with Crippen LogP contribution in [0.3, 0.4) is 0 Å². The molecule has 1 fully saturated rings. The van der Waals surface area contributed by atoms with Gasteiger partial charge in [-0.2, -0.15) is 5.10 Å². The molecule has 3 aromatic rings. The average molecular weight is 400 g/mol. The largest absolute Gasteiger partial charge is 0.325 e. The molecular weight excluding hydrogens is 382 g/mol. The number of nitrogens with zero attached hydrogens (tertiary/aromatic N) is 1. The summed E-state index contributed by atoms with van der Waals surface area (Å²) in [5.41, 5.74) is 5.49. The van der Waals surface area contributed by atoms with Crippen LogP contribution in [-0.4, -0.2) is 16.1 Å². The van der Waals surface area contributed by atoms with E-state index in [0.29, 0.717) is 5.02 Å². The third-order valence-corrected chi connectivity index (χ3v) is 5.66. The Balaban J connectivity index is 1.45. The number of rotatable bonds is 3. The number of amides is 1. The number of benzene rings is 2. The van der Waals surface area contributed by atoms with Gasteiger partial charge in [-0.05, 0) is 54.0 Å². The number of carbonyl (C=O) groups excluding carboxylic acids is 1. The Labute approximate surface area is 173 Å². The van der Waals surface area contributed by atoms with Crippen molar-refractivity contribution in [2.75, 3.05) is 0 Å². The summed E-state index contributed by atoms with van der Waals surface area (Å²) in [5, 5.41) is 12.2. The van der Waals surface area contributed by atoms with Crippen LogP contribution in [0, 0.1) is 5.92 Å². The zero-order valence-electron chi connectivity index (χ0n) is 15.5. The van der Waals surface area contributed by atoms with Crippen LogP contribution < -0.4 is 5.32 Å². The van der Waals surface area contributed by atoms with Crippen molar-refractivity contribution < 1.29 is 4.79 Å². The SMILES string of the molecule is O=C1NC2=CC=CCC2/C1=C\c1ccc2c(/C=C/c3ccccc3Cl)n[nH]c2c1. The number of hydrogen-bond donors (Lipinski definition) is 2. The minimum Gasteiger partial charge on any atom is -0.325 e. The van der Waals surface area contributed by atoms with Gasteiger partial charge >= 0.3 is 0 Å². The number of halogens is 1. The molecule has 2 aromatic carbocycles. The molecule has 5 rings (SSSR count). The highest BCUT2D eigenvalue weighted by molar-refractivity contribution is 6.32. The zero-order valence-corrected chi connectivity index (χ0v) is 16.3. The summed E-state index contributed by atoms with van der Waals surface area (Å²) in [7, 11) is 0. The molecule has 1 amide bonds. The Bertz CT molecular complexity index is 1250. The van der Waals surface area contributed by atoms with Crippen molar-refractivity contribution in [2.24, 2.45) is 5.92 Å². The monoisotopic (exact) mass is 399 g/mol. The topological polar surface area (TPSA) is 57.8 Å². The molecule has 2 heterocycles. The molecule has 1 aliphatic heterocycles. The van der Waals surface area contributed by atoms with Gasteiger partial charge in [-0.1, -0.05) is 54.1 Å². The van der Waals surface area contributed by atoms with Crippen molar-refractivity contribution in [1.29, 1.82) is 0 Å². The number of carbonyl (C=O) groups is 1. The molecule has 0 radical (unpaired) electrons. The van der Waals surface area contributed by atoms with E-state index in [9.17, 15) is 4.79 Å². The van der Waals surface area contributed by atoms with Gasteiger partial charge in [0, 0.05) is 27.6 Å². The number of aromatic nitrogens is 2. The van der Waals surface area contributed by atoms with Crippen LogP contribution in [-0.2, 0) is 4.79 Å². The lowest BCUT2D eigenvalue weighted by Gasteiger charge is -2.11. The third-order valence-electron chi connectivity index (χ3n) is 5.32. The number of nitrogens with one attached hydrogen (secondary N) is 2. The molecule has 142 valence electrons. The smallest absolute Gasteiger partial charge is 0.252 e. The predicted molar refractivity (Wildman–Crippen MR) is 118 cm³/mol. The summed E-state index contributed by atoms with van der Waals surface area (Å²) >= 11 is 6.22. The van der Waals surface area contributed by atoms with Crippen LogP contribution >= 0.6 is 11.6 Å². The van der Waals surface area contributed by atoms with Crippen molar-refractivity contribution in [3.05, 3.63) is 93.8 Å². The quantitative estimate of drug-likeness (QED) is 0.582. The van der Waals surface area contributed by atoms with Gasteiger partial charge in [0.15, 0.2) is 0 Å². The lowest BCUT2D eigenvalue weighted by atomic mass is 9.91. The zero-order chi connectivity index (χ0) is 19.8. The Morgan fingerprint density at radius 2 is 2.03 bits per heavy atom. The second kappa shape index (κ2) is 7.22. The van der Waals surface area contributed by atoms with E-state index in [0.717, 1.165) is 45.4 Å². The van der Waals surface area contributed by atoms with Crippen LogP contribution in [0.2, 0.25) is 5.02 Å².